The van der Waals surface area contributed by atoms with Gasteiger partial charge in [-0.1, -0.05) is 13.8 Å². The highest BCUT2D eigenvalue weighted by molar-refractivity contribution is 7.14. The van der Waals surface area contributed by atoms with Crippen LogP contribution in [0.5, 0.6) is 5.75 Å². The summed E-state index contributed by atoms with van der Waals surface area (Å²) >= 11 is 1.20. The van der Waals surface area contributed by atoms with Crippen molar-refractivity contribution in [2.75, 3.05) is 13.7 Å². The number of ether oxygens (including phenoxy) is 1. The van der Waals surface area contributed by atoms with Crippen molar-refractivity contribution in [3.05, 3.63) is 15.8 Å². The molecule has 1 aromatic heterocycles. The Kier molecular flexibility index (Phi) is 4.32. The van der Waals surface area contributed by atoms with Crippen molar-refractivity contribution in [3.8, 4) is 5.75 Å². The first-order valence-electron chi connectivity index (χ1n) is 6.65. The Bertz CT molecular complexity index is 519. The molecule has 20 heavy (non-hydrogen) atoms. The number of hydrogen-bond donors (Lipinski definition) is 1. The van der Waals surface area contributed by atoms with Crippen LogP contribution in [-0.2, 0) is 4.79 Å². The van der Waals surface area contributed by atoms with Crippen molar-refractivity contribution in [3.63, 3.8) is 0 Å². The molecule has 2 rings (SSSR count). The van der Waals surface area contributed by atoms with Crippen LogP contribution in [0.4, 0.5) is 0 Å². The summed E-state index contributed by atoms with van der Waals surface area (Å²) in [6.45, 7) is 3.88. The monoisotopic (exact) mass is 297 g/mol. The summed E-state index contributed by atoms with van der Waals surface area (Å²) in [7, 11) is 1.76. The van der Waals surface area contributed by atoms with Gasteiger partial charge in [0.25, 0.3) is 5.91 Å². The molecule has 5 nitrogen and oxygen atoms in total. The zero-order chi connectivity index (χ0) is 14.9. The first-order valence-corrected chi connectivity index (χ1v) is 7.47. The maximum Gasteiger partial charge on any atom is 0.349 e. The second-order valence-electron chi connectivity index (χ2n) is 5.33. The molecule has 1 aromatic rings. The first kappa shape index (κ1) is 14.8. The van der Waals surface area contributed by atoms with E-state index in [4.69, 9.17) is 9.84 Å². The minimum atomic E-state index is -1.01. The van der Waals surface area contributed by atoms with Crippen LogP contribution >= 0.6 is 11.3 Å². The largest absolute Gasteiger partial charge is 0.482 e. The van der Waals surface area contributed by atoms with E-state index in [1.54, 1.807) is 18.0 Å². The molecule has 0 spiro atoms. The van der Waals surface area contributed by atoms with E-state index in [9.17, 15) is 9.59 Å². The molecule has 1 heterocycles. The number of aromatic carboxylic acids is 1. The predicted octanol–water partition coefficient (Wildman–Crippen LogP) is 2.57. The van der Waals surface area contributed by atoms with E-state index >= 15 is 0 Å². The Hall–Kier alpha value is -1.56. The van der Waals surface area contributed by atoms with Crippen LogP contribution in [-0.4, -0.2) is 41.6 Å². The molecular formula is C14H19NO4S. The normalized spacial score (nSPS) is 14.4. The molecular weight excluding hydrogens is 278 g/mol. The van der Waals surface area contributed by atoms with Gasteiger partial charge in [-0.3, -0.25) is 4.79 Å². The Labute approximate surface area is 122 Å². The fourth-order valence-corrected chi connectivity index (χ4v) is 2.78. The van der Waals surface area contributed by atoms with E-state index in [1.807, 2.05) is 13.8 Å². The van der Waals surface area contributed by atoms with Gasteiger partial charge >= 0.3 is 5.97 Å². The average Bonchev–Trinajstić information content (AvgIpc) is 3.13. The van der Waals surface area contributed by atoms with Gasteiger partial charge in [-0.05, 0) is 24.8 Å². The second-order valence-corrected chi connectivity index (χ2v) is 6.41. The van der Waals surface area contributed by atoms with Gasteiger partial charge in [0.15, 0.2) is 11.5 Å². The lowest BCUT2D eigenvalue weighted by Gasteiger charge is -2.16. The van der Waals surface area contributed by atoms with Gasteiger partial charge in [-0.2, -0.15) is 0 Å². The lowest BCUT2D eigenvalue weighted by molar-refractivity contribution is -0.132. The van der Waals surface area contributed by atoms with E-state index in [2.05, 4.69) is 0 Å². The van der Waals surface area contributed by atoms with Crippen LogP contribution < -0.4 is 4.74 Å². The number of carboxylic acid groups (broad SMARTS) is 1. The summed E-state index contributed by atoms with van der Waals surface area (Å²) in [5, 5.41) is 9.17. The van der Waals surface area contributed by atoms with Gasteiger partial charge in [-0.15, -0.1) is 11.3 Å². The van der Waals surface area contributed by atoms with Crippen LogP contribution in [0.2, 0.25) is 0 Å². The van der Waals surface area contributed by atoms with Gasteiger partial charge < -0.3 is 14.7 Å². The number of nitrogens with zero attached hydrogens (tertiary/aromatic N) is 1. The van der Waals surface area contributed by atoms with Crippen molar-refractivity contribution in [2.45, 2.75) is 38.6 Å². The number of carbonyl (C=O) groups excluding carboxylic acids is 1. The maximum atomic E-state index is 11.9. The summed E-state index contributed by atoms with van der Waals surface area (Å²) in [5.74, 6) is -0.593. The molecule has 0 radical (unpaired) electrons. The van der Waals surface area contributed by atoms with E-state index in [1.165, 1.54) is 11.3 Å². The molecule has 1 N–H and O–H groups in total. The number of hydrogen-bond acceptors (Lipinski definition) is 4. The number of rotatable bonds is 6. The molecule has 1 aliphatic carbocycles. The van der Waals surface area contributed by atoms with E-state index in [0.29, 0.717) is 11.8 Å². The lowest BCUT2D eigenvalue weighted by Crippen LogP contribution is -2.33. The van der Waals surface area contributed by atoms with Crippen molar-refractivity contribution in [1.82, 2.24) is 4.90 Å². The summed E-state index contributed by atoms with van der Waals surface area (Å²) < 4.78 is 5.43. The van der Waals surface area contributed by atoms with Gasteiger partial charge in [0.2, 0.25) is 0 Å². The second kappa shape index (κ2) is 5.83. The molecule has 0 bridgehead atoms. The number of thiophene rings is 1. The molecule has 0 atom stereocenters. The minimum absolute atomic E-state index is 0.110. The molecule has 0 aromatic carbocycles. The minimum Gasteiger partial charge on any atom is -0.482 e. The molecule has 1 aliphatic rings. The fourth-order valence-electron chi connectivity index (χ4n) is 1.84. The van der Waals surface area contributed by atoms with Crippen molar-refractivity contribution in [2.24, 2.45) is 0 Å². The highest BCUT2D eigenvalue weighted by atomic mass is 32.1. The number of amides is 1. The zero-order valence-electron chi connectivity index (χ0n) is 11.9. The third kappa shape index (κ3) is 3.30. The molecule has 0 aliphatic heterocycles. The SMILES string of the molecule is CC(C)c1cc(OCC(=O)N(C)C2CC2)c(C(=O)O)s1. The third-order valence-electron chi connectivity index (χ3n) is 3.32. The Morgan fingerprint density at radius 3 is 2.65 bits per heavy atom. The zero-order valence-corrected chi connectivity index (χ0v) is 12.7. The summed E-state index contributed by atoms with van der Waals surface area (Å²) in [5.41, 5.74) is 0. The molecule has 6 heteroatoms. The third-order valence-corrected chi connectivity index (χ3v) is 4.72. The Morgan fingerprint density at radius 1 is 1.50 bits per heavy atom. The molecule has 0 unspecified atom stereocenters. The summed E-state index contributed by atoms with van der Waals surface area (Å²) in [6, 6.07) is 2.06. The predicted molar refractivity (Wildman–Crippen MR) is 76.7 cm³/mol. The molecule has 0 saturated heterocycles. The smallest absolute Gasteiger partial charge is 0.349 e. The lowest BCUT2D eigenvalue weighted by atomic mass is 10.2. The quantitative estimate of drug-likeness (QED) is 0.876. The van der Waals surface area contributed by atoms with Crippen LogP contribution in [0.15, 0.2) is 6.07 Å². The van der Waals surface area contributed by atoms with Crippen LogP contribution in [0.25, 0.3) is 0 Å². The van der Waals surface area contributed by atoms with Crippen molar-refractivity contribution in [1.29, 1.82) is 0 Å². The van der Waals surface area contributed by atoms with Gasteiger partial charge in [0.1, 0.15) is 5.75 Å². The van der Waals surface area contributed by atoms with Crippen molar-refractivity contribution < 1.29 is 19.4 Å². The number of carboxylic acids is 1. The van der Waals surface area contributed by atoms with Gasteiger partial charge in [-0.25, -0.2) is 4.79 Å². The Morgan fingerprint density at radius 2 is 2.15 bits per heavy atom. The molecule has 1 saturated carbocycles. The van der Waals surface area contributed by atoms with Gasteiger partial charge in [0.05, 0.1) is 0 Å². The van der Waals surface area contributed by atoms with Crippen LogP contribution in [0.3, 0.4) is 0 Å². The summed E-state index contributed by atoms with van der Waals surface area (Å²) in [6.07, 6.45) is 2.08. The van der Waals surface area contributed by atoms with Crippen molar-refractivity contribution >= 4 is 23.2 Å². The molecule has 110 valence electrons. The van der Waals surface area contributed by atoms with E-state index < -0.39 is 5.97 Å². The van der Waals surface area contributed by atoms with Crippen LogP contribution in [0.1, 0.15) is 47.2 Å². The van der Waals surface area contributed by atoms with E-state index in [0.717, 1.165) is 17.7 Å². The highest BCUT2D eigenvalue weighted by Gasteiger charge is 2.30. The standard InChI is InChI=1S/C14H19NO4S/c1-8(2)11-6-10(13(20-11)14(17)18)19-7-12(16)15(3)9-4-5-9/h6,8-9H,4-5,7H2,1-3H3,(H,17,18). The number of likely N-dealkylation sites (N-methyl/N-ethyl adjacent to an activating group) is 1. The van der Waals surface area contributed by atoms with Gasteiger partial charge in [0, 0.05) is 18.0 Å². The number of carbonyl (C=O) groups is 2. The summed E-state index contributed by atoms with van der Waals surface area (Å²) in [4.78, 5) is 25.9. The average molecular weight is 297 g/mol. The Balaban J connectivity index is 2.04. The maximum absolute atomic E-state index is 11.9. The fraction of sp³-hybridized carbons (Fsp3) is 0.571. The highest BCUT2D eigenvalue weighted by Crippen LogP contribution is 2.34. The van der Waals surface area contributed by atoms with Crippen LogP contribution in [0, 0.1) is 0 Å². The first-order chi connectivity index (χ1) is 9.40. The van der Waals surface area contributed by atoms with E-state index in [-0.39, 0.29) is 23.3 Å². The molecule has 1 amide bonds. The topological polar surface area (TPSA) is 66.8 Å². The molecule has 1 fully saturated rings.